The third-order valence-electron chi connectivity index (χ3n) is 5.16. The maximum atomic E-state index is 6.54. The van der Waals surface area contributed by atoms with Gasteiger partial charge in [-0.05, 0) is 43.2 Å². The van der Waals surface area contributed by atoms with Crippen LogP contribution in [0.2, 0.25) is 0 Å². The Hall–Kier alpha value is -2.30. The van der Waals surface area contributed by atoms with Crippen LogP contribution in [0.15, 0.2) is 30.6 Å². The number of benzene rings is 1. The van der Waals surface area contributed by atoms with Gasteiger partial charge in [-0.25, -0.2) is 9.97 Å². The Morgan fingerprint density at radius 1 is 1.08 bits per heavy atom. The van der Waals surface area contributed by atoms with Crippen LogP contribution in [0.1, 0.15) is 31.7 Å². The van der Waals surface area contributed by atoms with E-state index >= 15 is 0 Å². The second kappa shape index (κ2) is 6.30. The molecule has 0 aliphatic carbocycles. The molecule has 0 amide bonds. The molecule has 1 fully saturated rings. The molecule has 1 unspecified atom stereocenters. The predicted octanol–water partition coefficient (Wildman–Crippen LogP) is 3.38. The monoisotopic (exact) mass is 323 g/mol. The average molecular weight is 323 g/mol. The van der Waals surface area contributed by atoms with Crippen molar-refractivity contribution >= 4 is 23.0 Å². The van der Waals surface area contributed by atoms with Gasteiger partial charge in [0.2, 0.25) is 0 Å². The minimum absolute atomic E-state index is 0.687. The van der Waals surface area contributed by atoms with Crippen molar-refractivity contribution in [3.8, 4) is 0 Å². The first-order chi connectivity index (χ1) is 11.7. The fraction of sp³-hybridized carbons (Fsp3) is 0.474. The maximum absolute atomic E-state index is 6.54. The van der Waals surface area contributed by atoms with E-state index in [2.05, 4.69) is 51.0 Å². The highest BCUT2D eigenvalue weighted by atomic mass is 15.3. The lowest BCUT2D eigenvalue weighted by molar-refractivity contribution is 0.445. The normalized spacial score (nSPS) is 20.8. The molecule has 2 N–H and O–H groups in total. The van der Waals surface area contributed by atoms with Gasteiger partial charge < -0.3 is 15.5 Å². The van der Waals surface area contributed by atoms with E-state index in [-0.39, 0.29) is 0 Å². The van der Waals surface area contributed by atoms with E-state index < -0.39 is 0 Å². The molecule has 5 heteroatoms. The molecule has 126 valence electrons. The van der Waals surface area contributed by atoms with Crippen LogP contribution < -0.4 is 15.5 Å². The molecule has 0 radical (unpaired) electrons. The Morgan fingerprint density at radius 3 is 2.79 bits per heavy atom. The minimum atomic E-state index is 0.687. The van der Waals surface area contributed by atoms with Crippen molar-refractivity contribution in [1.29, 1.82) is 0 Å². The van der Waals surface area contributed by atoms with Crippen LogP contribution in [0, 0.1) is 5.92 Å². The zero-order chi connectivity index (χ0) is 16.5. The molecule has 2 aliphatic rings. The third-order valence-corrected chi connectivity index (χ3v) is 5.16. The largest absolute Gasteiger partial charge is 0.393 e. The molecule has 0 bridgehead atoms. The second-order valence-corrected chi connectivity index (χ2v) is 7.01. The third kappa shape index (κ3) is 2.68. The van der Waals surface area contributed by atoms with Gasteiger partial charge in [0.15, 0.2) is 11.6 Å². The molecule has 3 heterocycles. The fourth-order valence-electron chi connectivity index (χ4n) is 3.98. The summed E-state index contributed by atoms with van der Waals surface area (Å²) >= 11 is 0. The summed E-state index contributed by atoms with van der Waals surface area (Å²) in [6.45, 7) is 5.30. The summed E-state index contributed by atoms with van der Waals surface area (Å²) in [6, 6.07) is 8.55. The van der Waals surface area contributed by atoms with Gasteiger partial charge in [-0.15, -0.1) is 0 Å². The lowest BCUT2D eigenvalue weighted by Gasteiger charge is -2.35. The maximum Gasteiger partial charge on any atom is 0.161 e. The van der Waals surface area contributed by atoms with Crippen molar-refractivity contribution in [2.45, 2.75) is 32.6 Å². The lowest BCUT2D eigenvalue weighted by Crippen LogP contribution is -2.36. The first kappa shape index (κ1) is 15.2. The Morgan fingerprint density at radius 2 is 1.92 bits per heavy atom. The molecule has 2 aliphatic heterocycles. The van der Waals surface area contributed by atoms with Crippen LogP contribution in [0.5, 0.6) is 0 Å². The van der Waals surface area contributed by atoms with Gasteiger partial charge in [-0.2, -0.15) is 0 Å². The van der Waals surface area contributed by atoms with Gasteiger partial charge in [0, 0.05) is 25.3 Å². The zero-order valence-corrected chi connectivity index (χ0v) is 14.3. The van der Waals surface area contributed by atoms with Gasteiger partial charge in [0.25, 0.3) is 0 Å². The molecule has 0 spiro atoms. The van der Waals surface area contributed by atoms with Crippen molar-refractivity contribution in [2.75, 3.05) is 35.2 Å². The van der Waals surface area contributed by atoms with Crippen molar-refractivity contribution in [2.24, 2.45) is 5.92 Å². The molecule has 1 aromatic heterocycles. The van der Waals surface area contributed by atoms with Crippen LogP contribution in [0.4, 0.5) is 23.0 Å². The highest BCUT2D eigenvalue weighted by Crippen LogP contribution is 2.38. The van der Waals surface area contributed by atoms with E-state index in [9.17, 15) is 0 Å². The number of piperidine rings is 1. The SMILES string of the molecule is CC1CCCN(c2ncnc(N3CCCc4ccccc43)c2N)C1. The van der Waals surface area contributed by atoms with E-state index in [4.69, 9.17) is 5.73 Å². The molecular weight excluding hydrogens is 298 g/mol. The summed E-state index contributed by atoms with van der Waals surface area (Å²) in [7, 11) is 0. The molecule has 0 saturated carbocycles. The molecule has 1 saturated heterocycles. The van der Waals surface area contributed by atoms with Crippen LogP contribution in [-0.2, 0) is 6.42 Å². The van der Waals surface area contributed by atoms with E-state index in [1.165, 1.54) is 24.1 Å². The predicted molar refractivity (Wildman–Crippen MR) is 98.8 cm³/mol. The Kier molecular flexibility index (Phi) is 4.00. The summed E-state index contributed by atoms with van der Waals surface area (Å²) in [4.78, 5) is 13.6. The lowest BCUT2D eigenvalue weighted by atomic mass is 10.00. The number of hydrogen-bond donors (Lipinski definition) is 1. The summed E-state index contributed by atoms with van der Waals surface area (Å²) in [5.41, 5.74) is 9.85. The summed E-state index contributed by atoms with van der Waals surface area (Å²) < 4.78 is 0. The molecule has 5 nitrogen and oxygen atoms in total. The summed E-state index contributed by atoms with van der Waals surface area (Å²) in [5.74, 6) is 2.44. The first-order valence-electron chi connectivity index (χ1n) is 8.95. The van der Waals surface area contributed by atoms with Crippen LogP contribution in [0.25, 0.3) is 0 Å². The number of nitrogens with zero attached hydrogens (tertiary/aromatic N) is 4. The molecule has 1 aromatic carbocycles. The smallest absolute Gasteiger partial charge is 0.161 e. The minimum Gasteiger partial charge on any atom is -0.393 e. The quantitative estimate of drug-likeness (QED) is 0.918. The molecule has 1 atom stereocenters. The Labute approximate surface area is 143 Å². The van der Waals surface area contributed by atoms with Gasteiger partial charge >= 0.3 is 0 Å². The molecule has 4 rings (SSSR count). The fourth-order valence-corrected chi connectivity index (χ4v) is 3.98. The first-order valence-corrected chi connectivity index (χ1v) is 8.95. The van der Waals surface area contributed by atoms with Crippen LogP contribution in [0.3, 0.4) is 0 Å². The number of hydrogen-bond acceptors (Lipinski definition) is 5. The highest BCUT2D eigenvalue weighted by Gasteiger charge is 2.25. The van der Waals surface area contributed by atoms with Gasteiger partial charge in [0.1, 0.15) is 12.0 Å². The van der Waals surface area contributed by atoms with Crippen molar-refractivity contribution in [1.82, 2.24) is 9.97 Å². The van der Waals surface area contributed by atoms with Crippen LogP contribution in [-0.4, -0.2) is 29.6 Å². The number of para-hydroxylation sites is 1. The van der Waals surface area contributed by atoms with Gasteiger partial charge in [0.05, 0.1) is 0 Å². The van der Waals surface area contributed by atoms with E-state index in [1.54, 1.807) is 6.33 Å². The Balaban J connectivity index is 1.71. The number of fused-ring (bicyclic) bond motifs is 1. The van der Waals surface area contributed by atoms with Crippen molar-refractivity contribution in [3.63, 3.8) is 0 Å². The number of aryl methyl sites for hydroxylation is 1. The molecule has 24 heavy (non-hydrogen) atoms. The van der Waals surface area contributed by atoms with Gasteiger partial charge in [-0.3, -0.25) is 0 Å². The van der Waals surface area contributed by atoms with E-state index in [0.29, 0.717) is 11.6 Å². The summed E-state index contributed by atoms with van der Waals surface area (Å²) in [6.07, 6.45) is 6.39. The zero-order valence-electron chi connectivity index (χ0n) is 14.3. The van der Waals surface area contributed by atoms with Gasteiger partial charge in [-0.1, -0.05) is 25.1 Å². The number of aromatic nitrogens is 2. The van der Waals surface area contributed by atoms with E-state index in [0.717, 1.165) is 44.1 Å². The second-order valence-electron chi connectivity index (χ2n) is 7.01. The summed E-state index contributed by atoms with van der Waals surface area (Å²) in [5, 5.41) is 0. The average Bonchev–Trinajstić information content (AvgIpc) is 2.61. The van der Waals surface area contributed by atoms with Crippen molar-refractivity contribution < 1.29 is 0 Å². The van der Waals surface area contributed by atoms with E-state index in [1.807, 2.05) is 0 Å². The molecule has 2 aromatic rings. The van der Waals surface area contributed by atoms with Crippen molar-refractivity contribution in [3.05, 3.63) is 36.2 Å². The van der Waals surface area contributed by atoms with Crippen LogP contribution >= 0.6 is 0 Å². The number of rotatable bonds is 2. The number of nitrogen functional groups attached to an aromatic ring is 1. The standard InChI is InChI=1S/C19H25N5/c1-14-6-4-10-23(12-14)18-17(20)19(22-13-21-18)24-11-5-8-15-7-2-3-9-16(15)24/h2-3,7,9,13-14H,4-6,8,10-12,20H2,1H3. The molecular formula is C19H25N5. The Bertz CT molecular complexity index is 729. The highest BCUT2D eigenvalue weighted by molar-refractivity contribution is 5.81. The number of anilines is 4. The topological polar surface area (TPSA) is 58.3 Å². The number of nitrogens with two attached hydrogens (primary N) is 1.